The molecule has 0 saturated heterocycles. The lowest BCUT2D eigenvalue weighted by Crippen LogP contribution is -2.57. The standard InChI is InChI=1S/C31H26N4O8S/c1-4-43-28-23(11-8-16-33-28)31(34(30(37)38)21-9-6-5-7-10-21)24-17-20(19-32)12-14-25(24)35(29(31)36)44(39,40)27-15-13-22(41-2)18-26(27)42-3/h5-18H,4H2,1-3H3,(H,37,38). The van der Waals surface area contributed by atoms with Gasteiger partial charge in [-0.15, -0.1) is 0 Å². The number of para-hydroxylation sites is 1. The Morgan fingerprint density at radius 3 is 2.41 bits per heavy atom. The first-order valence-corrected chi connectivity index (χ1v) is 14.6. The van der Waals surface area contributed by atoms with Crippen molar-refractivity contribution >= 4 is 33.4 Å². The summed E-state index contributed by atoms with van der Waals surface area (Å²) in [5, 5.41) is 20.6. The van der Waals surface area contributed by atoms with Gasteiger partial charge >= 0.3 is 6.09 Å². The molecule has 1 N–H and O–H groups in total. The number of amides is 2. The Bertz CT molecular complexity index is 1910. The summed E-state index contributed by atoms with van der Waals surface area (Å²) < 4.78 is 45.9. The molecular formula is C31H26N4O8S. The molecule has 1 aliphatic rings. The van der Waals surface area contributed by atoms with E-state index in [1.807, 2.05) is 6.07 Å². The Kier molecular flexibility index (Phi) is 7.86. The first kappa shape index (κ1) is 29.9. The molecule has 0 saturated carbocycles. The van der Waals surface area contributed by atoms with Crippen LogP contribution in [0.3, 0.4) is 0 Å². The minimum atomic E-state index is -4.79. The van der Waals surface area contributed by atoms with E-state index in [1.54, 1.807) is 25.1 Å². The van der Waals surface area contributed by atoms with Gasteiger partial charge in [0.15, 0.2) is 5.54 Å². The number of methoxy groups -OCH3 is 2. The number of carbonyl (C=O) groups excluding carboxylic acids is 1. The zero-order valence-corrected chi connectivity index (χ0v) is 24.6. The van der Waals surface area contributed by atoms with E-state index in [9.17, 15) is 23.6 Å². The molecule has 5 rings (SSSR count). The van der Waals surface area contributed by atoms with Crippen molar-refractivity contribution in [2.45, 2.75) is 17.4 Å². The Labute approximate surface area is 253 Å². The molecule has 0 bridgehead atoms. The van der Waals surface area contributed by atoms with Crippen LogP contribution in [0.25, 0.3) is 0 Å². The monoisotopic (exact) mass is 614 g/mol. The molecule has 1 unspecified atom stereocenters. The minimum Gasteiger partial charge on any atom is -0.497 e. The zero-order valence-electron chi connectivity index (χ0n) is 23.8. The van der Waals surface area contributed by atoms with Gasteiger partial charge < -0.3 is 19.3 Å². The molecule has 0 spiro atoms. The highest BCUT2D eigenvalue weighted by molar-refractivity contribution is 7.93. The van der Waals surface area contributed by atoms with Gasteiger partial charge in [0.1, 0.15) is 16.4 Å². The van der Waals surface area contributed by atoms with Crippen molar-refractivity contribution < 1.29 is 37.3 Å². The van der Waals surface area contributed by atoms with E-state index >= 15 is 4.79 Å². The van der Waals surface area contributed by atoms with Crippen LogP contribution in [0, 0.1) is 11.3 Å². The average molecular weight is 615 g/mol. The van der Waals surface area contributed by atoms with Crippen LogP contribution in [-0.2, 0) is 20.4 Å². The number of sulfonamides is 1. The number of pyridine rings is 1. The topological polar surface area (TPSA) is 159 Å². The van der Waals surface area contributed by atoms with Crippen LogP contribution in [-0.4, -0.2) is 51.3 Å². The van der Waals surface area contributed by atoms with E-state index in [0.29, 0.717) is 10.1 Å². The van der Waals surface area contributed by atoms with Crippen molar-refractivity contribution in [1.29, 1.82) is 5.26 Å². The molecule has 0 radical (unpaired) electrons. The van der Waals surface area contributed by atoms with Crippen molar-refractivity contribution in [3.63, 3.8) is 0 Å². The molecule has 0 aliphatic carbocycles. The van der Waals surface area contributed by atoms with Gasteiger partial charge in [-0.25, -0.2) is 18.2 Å². The van der Waals surface area contributed by atoms with Crippen molar-refractivity contribution in [2.24, 2.45) is 0 Å². The van der Waals surface area contributed by atoms with Gasteiger partial charge in [0.05, 0.1) is 43.7 Å². The molecule has 13 heteroatoms. The van der Waals surface area contributed by atoms with E-state index in [2.05, 4.69) is 4.98 Å². The largest absolute Gasteiger partial charge is 0.497 e. The third-order valence-corrected chi connectivity index (χ3v) is 8.84. The van der Waals surface area contributed by atoms with E-state index in [4.69, 9.17) is 14.2 Å². The van der Waals surface area contributed by atoms with Crippen LogP contribution in [0.1, 0.15) is 23.6 Å². The molecule has 2 amide bonds. The second-order valence-electron chi connectivity index (χ2n) is 9.39. The summed E-state index contributed by atoms with van der Waals surface area (Å²) in [6.07, 6.45) is -0.177. The Balaban J connectivity index is 1.93. The second-order valence-corrected chi connectivity index (χ2v) is 11.1. The quantitative estimate of drug-likeness (QED) is 0.284. The van der Waals surface area contributed by atoms with E-state index < -0.39 is 27.6 Å². The summed E-state index contributed by atoms with van der Waals surface area (Å²) in [5.41, 5.74) is -2.61. The number of aromatic nitrogens is 1. The van der Waals surface area contributed by atoms with Crippen molar-refractivity contribution in [3.05, 3.63) is 102 Å². The maximum absolute atomic E-state index is 15.1. The molecular weight excluding hydrogens is 588 g/mol. The minimum absolute atomic E-state index is 0.0474. The highest BCUT2D eigenvalue weighted by Gasteiger charge is 2.63. The summed E-state index contributed by atoms with van der Waals surface area (Å²) in [7, 11) is -2.13. The van der Waals surface area contributed by atoms with E-state index in [0.717, 1.165) is 4.90 Å². The second kappa shape index (κ2) is 11.6. The highest BCUT2D eigenvalue weighted by Crippen LogP contribution is 2.54. The number of hydrogen-bond donors (Lipinski definition) is 1. The molecule has 44 heavy (non-hydrogen) atoms. The van der Waals surface area contributed by atoms with Crippen LogP contribution in [0.5, 0.6) is 17.4 Å². The van der Waals surface area contributed by atoms with Gasteiger partial charge in [-0.05, 0) is 61.5 Å². The number of benzene rings is 3. The molecule has 224 valence electrons. The number of hydrogen-bond acceptors (Lipinski definition) is 9. The fraction of sp³-hybridized carbons (Fsp3) is 0.161. The number of nitriles is 1. The fourth-order valence-corrected chi connectivity index (χ4v) is 6.91. The molecule has 1 aromatic heterocycles. The number of fused-ring (bicyclic) bond motifs is 1. The van der Waals surface area contributed by atoms with Crippen LogP contribution in [0.4, 0.5) is 16.2 Å². The van der Waals surface area contributed by atoms with Crippen LogP contribution in [0.15, 0.2) is 90.0 Å². The van der Waals surface area contributed by atoms with Crippen molar-refractivity contribution in [2.75, 3.05) is 30.0 Å². The first-order chi connectivity index (χ1) is 21.2. The SMILES string of the molecule is CCOc1ncccc1C1(N(C(=O)O)c2ccccc2)C(=O)N(S(=O)(=O)c2ccc(OC)cc2OC)c2ccc(C#N)cc21. The third kappa shape index (κ3) is 4.52. The molecule has 1 atom stereocenters. The number of carbonyl (C=O) groups is 2. The Hall–Kier alpha value is -5.61. The highest BCUT2D eigenvalue weighted by atomic mass is 32.2. The molecule has 4 aromatic rings. The smallest absolute Gasteiger partial charge is 0.413 e. The number of carboxylic acid groups (broad SMARTS) is 1. The predicted octanol–water partition coefficient (Wildman–Crippen LogP) is 4.53. The first-order valence-electron chi connectivity index (χ1n) is 13.2. The summed E-state index contributed by atoms with van der Waals surface area (Å²) in [6, 6.07) is 20.6. The Morgan fingerprint density at radius 1 is 1.02 bits per heavy atom. The number of rotatable bonds is 9. The average Bonchev–Trinajstić information content (AvgIpc) is 3.29. The van der Waals surface area contributed by atoms with Gasteiger partial charge in [-0.1, -0.05) is 18.2 Å². The summed E-state index contributed by atoms with van der Waals surface area (Å²) >= 11 is 0. The summed E-state index contributed by atoms with van der Waals surface area (Å²) in [6.45, 7) is 1.78. The van der Waals surface area contributed by atoms with E-state index in [1.165, 1.54) is 81.1 Å². The van der Waals surface area contributed by atoms with Crippen molar-refractivity contribution in [3.8, 4) is 23.4 Å². The summed E-state index contributed by atoms with van der Waals surface area (Å²) in [5.74, 6) is -1.07. The van der Waals surface area contributed by atoms with Gasteiger partial charge in [0.25, 0.3) is 15.9 Å². The van der Waals surface area contributed by atoms with Gasteiger partial charge in [0, 0.05) is 23.5 Å². The normalized spacial score (nSPS) is 15.7. The van der Waals surface area contributed by atoms with Crippen LogP contribution in [0.2, 0.25) is 0 Å². The lowest BCUT2D eigenvalue weighted by atomic mass is 9.81. The third-order valence-electron chi connectivity index (χ3n) is 7.10. The Morgan fingerprint density at radius 2 is 1.77 bits per heavy atom. The zero-order chi connectivity index (χ0) is 31.6. The van der Waals surface area contributed by atoms with Gasteiger partial charge in [-0.3, -0.25) is 9.69 Å². The van der Waals surface area contributed by atoms with Crippen LogP contribution >= 0.6 is 0 Å². The maximum atomic E-state index is 15.1. The molecule has 2 heterocycles. The van der Waals surface area contributed by atoms with E-state index in [-0.39, 0.29) is 51.2 Å². The van der Waals surface area contributed by atoms with Gasteiger partial charge in [0.2, 0.25) is 5.88 Å². The molecule has 3 aromatic carbocycles. The predicted molar refractivity (Wildman–Crippen MR) is 159 cm³/mol. The molecule has 1 aliphatic heterocycles. The van der Waals surface area contributed by atoms with Gasteiger partial charge in [-0.2, -0.15) is 9.57 Å². The molecule has 0 fully saturated rings. The molecule has 12 nitrogen and oxygen atoms in total. The number of anilines is 2. The fourth-order valence-electron chi connectivity index (χ4n) is 5.31. The number of ether oxygens (including phenoxy) is 3. The summed E-state index contributed by atoms with van der Waals surface area (Å²) in [4.78, 5) is 33.1. The maximum Gasteiger partial charge on any atom is 0.413 e. The van der Waals surface area contributed by atoms with Crippen molar-refractivity contribution in [1.82, 2.24) is 4.98 Å². The number of nitrogens with zero attached hydrogens (tertiary/aromatic N) is 4. The van der Waals surface area contributed by atoms with Crippen LogP contribution < -0.4 is 23.4 Å². The lowest BCUT2D eigenvalue weighted by Gasteiger charge is -2.39. The lowest BCUT2D eigenvalue weighted by molar-refractivity contribution is -0.120.